The van der Waals surface area contributed by atoms with Gasteiger partial charge in [-0.2, -0.15) is 0 Å². The van der Waals surface area contributed by atoms with E-state index in [9.17, 15) is 4.79 Å². The first kappa shape index (κ1) is 12.8. The van der Waals surface area contributed by atoms with Gasteiger partial charge in [0.2, 0.25) is 5.91 Å². The smallest absolute Gasteiger partial charge is 0.237 e. The summed E-state index contributed by atoms with van der Waals surface area (Å²) in [5, 5.41) is 3.31. The van der Waals surface area contributed by atoms with Crippen molar-refractivity contribution in [1.29, 1.82) is 0 Å². The number of carbonyl (C=O) groups is 1. The first-order valence-corrected chi connectivity index (χ1v) is 6.75. The lowest BCUT2D eigenvalue weighted by molar-refractivity contribution is -0.130. The molecule has 1 amide bonds. The van der Waals surface area contributed by atoms with Crippen molar-refractivity contribution >= 4 is 5.91 Å². The van der Waals surface area contributed by atoms with Crippen LogP contribution >= 0.6 is 0 Å². The minimum Gasteiger partial charge on any atom is -0.381 e. The molecule has 1 atom stereocenters. The number of hydrogen-bond donors (Lipinski definition) is 1. The molecule has 2 saturated heterocycles. The molecule has 0 saturated carbocycles. The maximum absolute atomic E-state index is 11.9. The predicted molar refractivity (Wildman–Crippen MR) is 66.6 cm³/mol. The maximum atomic E-state index is 11.9. The Bertz CT molecular complexity index is 275. The molecule has 0 aromatic carbocycles. The van der Waals surface area contributed by atoms with Crippen LogP contribution < -0.4 is 5.32 Å². The second-order valence-electron chi connectivity index (χ2n) is 5.63. The fraction of sp³-hybridized carbons (Fsp3) is 0.923. The van der Waals surface area contributed by atoms with Crippen molar-refractivity contribution in [2.75, 3.05) is 26.3 Å². The third kappa shape index (κ3) is 2.99. The molecule has 0 aromatic rings. The molecule has 2 aliphatic rings. The molecule has 17 heavy (non-hydrogen) atoms. The Morgan fingerprint density at radius 3 is 2.82 bits per heavy atom. The van der Waals surface area contributed by atoms with Gasteiger partial charge in [0.15, 0.2) is 0 Å². The van der Waals surface area contributed by atoms with Crippen molar-refractivity contribution in [3.8, 4) is 0 Å². The van der Waals surface area contributed by atoms with E-state index in [1.165, 1.54) is 0 Å². The van der Waals surface area contributed by atoms with E-state index in [-0.39, 0.29) is 17.5 Å². The average Bonchev–Trinajstić information content (AvgIpc) is 2.63. The Morgan fingerprint density at radius 2 is 2.18 bits per heavy atom. The summed E-state index contributed by atoms with van der Waals surface area (Å²) in [7, 11) is 0. The highest BCUT2D eigenvalue weighted by molar-refractivity contribution is 5.80. The van der Waals surface area contributed by atoms with Crippen molar-refractivity contribution in [2.45, 2.75) is 45.7 Å². The lowest BCUT2D eigenvalue weighted by atomic mass is 9.82. The van der Waals surface area contributed by atoms with Crippen molar-refractivity contribution < 1.29 is 9.53 Å². The van der Waals surface area contributed by atoms with Gasteiger partial charge in [0, 0.05) is 19.8 Å². The van der Waals surface area contributed by atoms with Crippen LogP contribution in [0, 0.1) is 5.41 Å². The zero-order chi connectivity index (χ0) is 12.3. The Hall–Kier alpha value is -0.610. The summed E-state index contributed by atoms with van der Waals surface area (Å²) in [5.74, 6) is 0.260. The lowest BCUT2D eigenvalue weighted by Gasteiger charge is -2.38. The minimum absolute atomic E-state index is 0.242. The number of ether oxygens (including phenoxy) is 1. The second-order valence-corrected chi connectivity index (χ2v) is 5.63. The molecule has 98 valence electrons. The van der Waals surface area contributed by atoms with E-state index in [2.05, 4.69) is 24.1 Å². The van der Waals surface area contributed by atoms with Gasteiger partial charge < -0.3 is 9.64 Å². The summed E-state index contributed by atoms with van der Waals surface area (Å²) in [5.41, 5.74) is 0.242. The molecule has 2 rings (SSSR count). The first-order valence-electron chi connectivity index (χ1n) is 6.75. The summed E-state index contributed by atoms with van der Waals surface area (Å²) < 4.78 is 5.41. The van der Waals surface area contributed by atoms with Crippen LogP contribution in [0.25, 0.3) is 0 Å². The van der Waals surface area contributed by atoms with Gasteiger partial charge in [0.05, 0.1) is 12.7 Å². The topological polar surface area (TPSA) is 41.6 Å². The zero-order valence-electron chi connectivity index (χ0n) is 11.0. The molecule has 0 spiro atoms. The molecule has 0 radical (unpaired) electrons. The van der Waals surface area contributed by atoms with Gasteiger partial charge in [-0.3, -0.25) is 10.1 Å². The van der Waals surface area contributed by atoms with Crippen molar-refractivity contribution in [2.24, 2.45) is 5.41 Å². The van der Waals surface area contributed by atoms with Crippen molar-refractivity contribution in [3.63, 3.8) is 0 Å². The van der Waals surface area contributed by atoms with Gasteiger partial charge in [0.1, 0.15) is 0 Å². The molecule has 0 bridgehead atoms. The number of hydrogen-bond acceptors (Lipinski definition) is 3. The normalized spacial score (nSPS) is 28.7. The summed E-state index contributed by atoms with van der Waals surface area (Å²) in [6.45, 7) is 7.52. The van der Waals surface area contributed by atoms with Gasteiger partial charge in [-0.25, -0.2) is 0 Å². The molecule has 2 aliphatic heterocycles. The standard InChI is InChI=1S/C13H24N2O2/c1-3-4-11-14-9-12(16)15(11)10-13(2)5-7-17-8-6-13/h11,14H,3-10H2,1-2H3. The Morgan fingerprint density at radius 1 is 1.47 bits per heavy atom. The fourth-order valence-corrected chi connectivity index (χ4v) is 2.75. The maximum Gasteiger partial charge on any atom is 0.237 e. The van der Waals surface area contributed by atoms with Crippen LogP contribution in [0.3, 0.4) is 0 Å². The van der Waals surface area contributed by atoms with Gasteiger partial charge >= 0.3 is 0 Å². The number of carbonyl (C=O) groups excluding carboxylic acids is 1. The summed E-state index contributed by atoms with van der Waals surface area (Å²) in [6.07, 6.45) is 4.55. The predicted octanol–water partition coefficient (Wildman–Crippen LogP) is 1.36. The molecular formula is C13H24N2O2. The molecule has 0 aromatic heterocycles. The van der Waals surface area contributed by atoms with E-state index in [4.69, 9.17) is 4.74 Å². The van der Waals surface area contributed by atoms with E-state index >= 15 is 0 Å². The largest absolute Gasteiger partial charge is 0.381 e. The lowest BCUT2D eigenvalue weighted by Crippen LogP contribution is -2.45. The Balaban J connectivity index is 1.97. The number of nitrogens with one attached hydrogen (secondary N) is 1. The van der Waals surface area contributed by atoms with Gasteiger partial charge in [-0.15, -0.1) is 0 Å². The fourth-order valence-electron chi connectivity index (χ4n) is 2.75. The van der Waals surface area contributed by atoms with Crippen LogP contribution in [0.4, 0.5) is 0 Å². The van der Waals surface area contributed by atoms with Gasteiger partial charge in [0.25, 0.3) is 0 Å². The third-order valence-corrected chi connectivity index (χ3v) is 4.00. The van der Waals surface area contributed by atoms with Crippen LogP contribution in [0.1, 0.15) is 39.5 Å². The van der Waals surface area contributed by atoms with Crippen LogP contribution in [0.5, 0.6) is 0 Å². The number of nitrogens with zero attached hydrogens (tertiary/aromatic N) is 1. The van der Waals surface area contributed by atoms with E-state index in [0.717, 1.165) is 45.4 Å². The number of amides is 1. The van der Waals surface area contributed by atoms with Crippen molar-refractivity contribution in [1.82, 2.24) is 10.2 Å². The monoisotopic (exact) mass is 240 g/mol. The van der Waals surface area contributed by atoms with E-state index in [1.54, 1.807) is 0 Å². The quantitative estimate of drug-likeness (QED) is 0.807. The number of rotatable bonds is 4. The molecule has 2 fully saturated rings. The molecule has 4 heteroatoms. The second kappa shape index (κ2) is 5.36. The van der Waals surface area contributed by atoms with E-state index < -0.39 is 0 Å². The highest BCUT2D eigenvalue weighted by Crippen LogP contribution is 2.32. The first-order chi connectivity index (χ1) is 8.14. The Labute approximate surface area is 104 Å². The zero-order valence-corrected chi connectivity index (χ0v) is 11.0. The molecule has 4 nitrogen and oxygen atoms in total. The summed E-state index contributed by atoms with van der Waals surface area (Å²) in [6, 6.07) is 0. The van der Waals surface area contributed by atoms with Crippen molar-refractivity contribution in [3.05, 3.63) is 0 Å². The minimum atomic E-state index is 0.242. The molecule has 1 N–H and O–H groups in total. The van der Waals surface area contributed by atoms with Crippen LogP contribution in [-0.2, 0) is 9.53 Å². The van der Waals surface area contributed by atoms with Crippen LogP contribution in [-0.4, -0.2) is 43.3 Å². The molecule has 0 aliphatic carbocycles. The van der Waals surface area contributed by atoms with Crippen LogP contribution in [0.2, 0.25) is 0 Å². The Kier molecular flexibility index (Phi) is 4.05. The van der Waals surface area contributed by atoms with E-state index in [0.29, 0.717) is 6.54 Å². The van der Waals surface area contributed by atoms with E-state index in [1.807, 2.05) is 0 Å². The highest BCUT2D eigenvalue weighted by Gasteiger charge is 2.36. The summed E-state index contributed by atoms with van der Waals surface area (Å²) >= 11 is 0. The molecular weight excluding hydrogens is 216 g/mol. The molecule has 2 heterocycles. The summed E-state index contributed by atoms with van der Waals surface area (Å²) in [4.78, 5) is 14.0. The SMILES string of the molecule is CCCC1NCC(=O)N1CC1(C)CCOCC1. The molecule has 1 unspecified atom stereocenters. The van der Waals surface area contributed by atoms with Gasteiger partial charge in [-0.1, -0.05) is 20.3 Å². The third-order valence-electron chi connectivity index (χ3n) is 4.00. The average molecular weight is 240 g/mol. The van der Waals surface area contributed by atoms with Gasteiger partial charge in [-0.05, 0) is 24.7 Å². The van der Waals surface area contributed by atoms with Crippen LogP contribution in [0.15, 0.2) is 0 Å². The highest BCUT2D eigenvalue weighted by atomic mass is 16.5.